The summed E-state index contributed by atoms with van der Waals surface area (Å²) in [7, 11) is 1.32. The molecule has 0 aliphatic carbocycles. The van der Waals surface area contributed by atoms with Crippen LogP contribution in [0.25, 0.3) is 11.1 Å². The van der Waals surface area contributed by atoms with Gasteiger partial charge in [-0.15, -0.1) is 11.3 Å². The fraction of sp³-hybridized carbons (Fsp3) is 0.0526. The number of carbonyl (C=O) groups excluding carboxylic acids is 2. The van der Waals surface area contributed by atoms with Gasteiger partial charge in [-0.05, 0) is 45.8 Å². The zero-order chi connectivity index (χ0) is 18.7. The maximum Gasteiger partial charge on any atom is 0.341 e. The standard InChI is InChI=1S/C19H13Br2NO3S/c1-25-19(24)16-14(11-6-8-12(20)9-7-11)10-26-18(16)22-17(23)13-4-2-3-5-15(13)21/h2-10H,1H3,(H,22,23). The molecule has 1 amide bonds. The smallest absolute Gasteiger partial charge is 0.341 e. The molecule has 0 aliphatic rings. The van der Waals surface area contributed by atoms with Gasteiger partial charge in [0.15, 0.2) is 0 Å². The Hall–Kier alpha value is -1.96. The number of ether oxygens (including phenoxy) is 1. The third-order valence-corrected chi connectivity index (χ3v) is 5.80. The molecule has 0 saturated carbocycles. The minimum absolute atomic E-state index is 0.299. The van der Waals surface area contributed by atoms with Crippen LogP contribution in [0.3, 0.4) is 0 Å². The number of rotatable bonds is 4. The molecule has 7 heteroatoms. The van der Waals surface area contributed by atoms with Crippen LogP contribution in [0.5, 0.6) is 0 Å². The molecule has 132 valence electrons. The maximum atomic E-state index is 12.6. The van der Waals surface area contributed by atoms with Crippen molar-refractivity contribution in [3.63, 3.8) is 0 Å². The second kappa shape index (κ2) is 8.16. The number of benzene rings is 2. The fourth-order valence-corrected chi connectivity index (χ4v) is 4.09. The largest absolute Gasteiger partial charge is 0.465 e. The molecule has 0 fully saturated rings. The molecule has 3 aromatic rings. The molecular formula is C19H13Br2NO3S. The number of anilines is 1. The first-order valence-corrected chi connectivity index (χ1v) is 9.99. The number of carbonyl (C=O) groups is 2. The molecule has 0 radical (unpaired) electrons. The van der Waals surface area contributed by atoms with Crippen LogP contribution >= 0.6 is 43.2 Å². The molecule has 1 heterocycles. The number of amides is 1. The molecule has 4 nitrogen and oxygen atoms in total. The van der Waals surface area contributed by atoms with E-state index in [0.29, 0.717) is 20.6 Å². The van der Waals surface area contributed by atoms with Crippen LogP contribution < -0.4 is 5.32 Å². The van der Waals surface area contributed by atoms with Gasteiger partial charge < -0.3 is 10.1 Å². The molecule has 0 bridgehead atoms. The minimum Gasteiger partial charge on any atom is -0.465 e. The van der Waals surface area contributed by atoms with E-state index in [-0.39, 0.29) is 5.91 Å². The van der Waals surface area contributed by atoms with E-state index in [9.17, 15) is 9.59 Å². The molecule has 0 unspecified atom stereocenters. The minimum atomic E-state index is -0.494. The summed E-state index contributed by atoms with van der Waals surface area (Å²) in [6, 6.07) is 14.7. The topological polar surface area (TPSA) is 55.4 Å². The van der Waals surface area contributed by atoms with Crippen molar-refractivity contribution in [1.29, 1.82) is 0 Å². The van der Waals surface area contributed by atoms with E-state index >= 15 is 0 Å². The van der Waals surface area contributed by atoms with E-state index < -0.39 is 5.97 Å². The van der Waals surface area contributed by atoms with E-state index in [2.05, 4.69) is 37.2 Å². The number of thiophene rings is 1. The van der Waals surface area contributed by atoms with E-state index in [4.69, 9.17) is 4.74 Å². The van der Waals surface area contributed by atoms with Gasteiger partial charge in [-0.2, -0.15) is 0 Å². The Morgan fingerprint density at radius 3 is 2.38 bits per heavy atom. The zero-order valence-electron chi connectivity index (χ0n) is 13.6. The van der Waals surface area contributed by atoms with Gasteiger partial charge in [0.2, 0.25) is 0 Å². The van der Waals surface area contributed by atoms with Crippen LogP contribution in [0.4, 0.5) is 5.00 Å². The summed E-state index contributed by atoms with van der Waals surface area (Å²) in [5, 5.41) is 5.12. The van der Waals surface area contributed by atoms with Crippen LogP contribution in [-0.4, -0.2) is 19.0 Å². The molecule has 0 atom stereocenters. The quantitative estimate of drug-likeness (QED) is 0.454. The van der Waals surface area contributed by atoms with Crippen molar-refractivity contribution in [3.8, 4) is 11.1 Å². The summed E-state index contributed by atoms with van der Waals surface area (Å²) in [6.45, 7) is 0. The van der Waals surface area contributed by atoms with E-state index in [1.807, 2.05) is 35.7 Å². The summed E-state index contributed by atoms with van der Waals surface area (Å²) in [5.74, 6) is -0.793. The number of esters is 1. The normalized spacial score (nSPS) is 10.4. The zero-order valence-corrected chi connectivity index (χ0v) is 17.6. The molecule has 2 aromatic carbocycles. The van der Waals surface area contributed by atoms with Gasteiger partial charge in [0.25, 0.3) is 5.91 Å². The SMILES string of the molecule is COC(=O)c1c(-c2ccc(Br)cc2)csc1NC(=O)c1ccccc1Br. The summed E-state index contributed by atoms with van der Waals surface area (Å²) in [6.07, 6.45) is 0. The monoisotopic (exact) mass is 493 g/mol. The van der Waals surface area contributed by atoms with Gasteiger partial charge in [0.1, 0.15) is 10.6 Å². The second-order valence-electron chi connectivity index (χ2n) is 5.29. The van der Waals surface area contributed by atoms with Crippen molar-refractivity contribution < 1.29 is 14.3 Å². The lowest BCUT2D eigenvalue weighted by Gasteiger charge is -2.09. The number of methoxy groups -OCH3 is 1. The Labute approximate surface area is 171 Å². The first kappa shape index (κ1) is 18.8. The maximum absolute atomic E-state index is 12.6. The van der Waals surface area contributed by atoms with Crippen molar-refractivity contribution in [1.82, 2.24) is 0 Å². The Morgan fingerprint density at radius 1 is 1.04 bits per heavy atom. The van der Waals surface area contributed by atoms with Gasteiger partial charge in [-0.1, -0.05) is 40.2 Å². The number of hydrogen-bond acceptors (Lipinski definition) is 4. The lowest BCUT2D eigenvalue weighted by molar-refractivity contribution is 0.0603. The van der Waals surface area contributed by atoms with Crippen LogP contribution in [0, 0.1) is 0 Å². The molecule has 26 heavy (non-hydrogen) atoms. The van der Waals surface area contributed by atoms with Crippen LogP contribution in [0.2, 0.25) is 0 Å². The third kappa shape index (κ3) is 3.90. The van der Waals surface area contributed by atoms with Crippen LogP contribution in [-0.2, 0) is 4.74 Å². The van der Waals surface area contributed by atoms with Crippen LogP contribution in [0.15, 0.2) is 62.9 Å². The molecule has 0 spiro atoms. The second-order valence-corrected chi connectivity index (χ2v) is 7.94. The molecule has 1 N–H and O–H groups in total. The summed E-state index contributed by atoms with van der Waals surface area (Å²) < 4.78 is 6.56. The van der Waals surface area contributed by atoms with Gasteiger partial charge >= 0.3 is 5.97 Å². The summed E-state index contributed by atoms with van der Waals surface area (Å²) in [4.78, 5) is 25.0. The van der Waals surface area contributed by atoms with E-state index in [1.165, 1.54) is 18.4 Å². The van der Waals surface area contributed by atoms with E-state index in [0.717, 1.165) is 15.6 Å². The van der Waals surface area contributed by atoms with Gasteiger partial charge in [-0.3, -0.25) is 4.79 Å². The number of halogens is 2. The average Bonchev–Trinajstić information content (AvgIpc) is 3.05. The number of hydrogen-bond donors (Lipinski definition) is 1. The lowest BCUT2D eigenvalue weighted by atomic mass is 10.0. The molecule has 0 aliphatic heterocycles. The predicted octanol–water partition coefficient (Wildman–Crippen LogP) is 5.98. The highest BCUT2D eigenvalue weighted by molar-refractivity contribution is 9.10. The first-order chi connectivity index (χ1) is 12.5. The Kier molecular flexibility index (Phi) is 5.90. The van der Waals surface area contributed by atoms with Crippen molar-refractivity contribution in [2.45, 2.75) is 0 Å². The van der Waals surface area contributed by atoms with Crippen LogP contribution in [0.1, 0.15) is 20.7 Å². The predicted molar refractivity (Wildman–Crippen MR) is 111 cm³/mol. The lowest BCUT2D eigenvalue weighted by Crippen LogP contribution is -2.14. The Balaban J connectivity index is 2.00. The fourth-order valence-electron chi connectivity index (χ4n) is 2.41. The highest BCUT2D eigenvalue weighted by Gasteiger charge is 2.23. The Morgan fingerprint density at radius 2 is 1.73 bits per heavy atom. The molecule has 3 rings (SSSR count). The molecule has 0 saturated heterocycles. The number of nitrogens with one attached hydrogen (secondary N) is 1. The third-order valence-electron chi connectivity index (χ3n) is 3.68. The van der Waals surface area contributed by atoms with Gasteiger partial charge in [0, 0.05) is 19.9 Å². The Bertz CT molecular complexity index is 967. The summed E-state index contributed by atoms with van der Waals surface area (Å²) >= 11 is 8.05. The highest BCUT2D eigenvalue weighted by Crippen LogP contribution is 2.37. The van der Waals surface area contributed by atoms with Crippen molar-refractivity contribution in [2.24, 2.45) is 0 Å². The summed E-state index contributed by atoms with van der Waals surface area (Å²) in [5.41, 5.74) is 2.42. The average molecular weight is 495 g/mol. The van der Waals surface area contributed by atoms with Crippen molar-refractivity contribution >= 4 is 60.1 Å². The highest BCUT2D eigenvalue weighted by atomic mass is 79.9. The van der Waals surface area contributed by atoms with Crippen molar-refractivity contribution in [3.05, 3.63) is 74.0 Å². The van der Waals surface area contributed by atoms with Gasteiger partial charge in [0.05, 0.1) is 12.7 Å². The first-order valence-electron chi connectivity index (χ1n) is 7.53. The molecule has 1 aromatic heterocycles. The molecular weight excluding hydrogens is 482 g/mol. The van der Waals surface area contributed by atoms with Gasteiger partial charge in [-0.25, -0.2) is 4.79 Å². The van der Waals surface area contributed by atoms with Crippen molar-refractivity contribution in [2.75, 3.05) is 12.4 Å². The van der Waals surface area contributed by atoms with E-state index in [1.54, 1.807) is 18.2 Å².